The topological polar surface area (TPSA) is 79.5 Å². The number of benzene rings is 1. The summed E-state index contributed by atoms with van der Waals surface area (Å²) in [5.74, 6) is 0.358. The quantitative estimate of drug-likeness (QED) is 0.899. The number of anilines is 1. The van der Waals surface area contributed by atoms with Gasteiger partial charge >= 0.3 is 0 Å². The predicted octanol–water partition coefficient (Wildman–Crippen LogP) is 3.19. The van der Waals surface area contributed by atoms with Gasteiger partial charge in [0.2, 0.25) is 0 Å². The zero-order chi connectivity index (χ0) is 14.9. The Labute approximate surface area is 126 Å². The maximum absolute atomic E-state index is 12.2. The van der Waals surface area contributed by atoms with Crippen LogP contribution in [0.2, 0.25) is 10.0 Å². The van der Waals surface area contributed by atoms with E-state index in [4.69, 9.17) is 32.7 Å². The molecule has 0 fully saturated rings. The van der Waals surface area contributed by atoms with Gasteiger partial charge in [0.1, 0.15) is 23.0 Å². The van der Waals surface area contributed by atoms with Gasteiger partial charge in [0, 0.05) is 11.1 Å². The molecule has 5 nitrogen and oxygen atoms in total. The number of hydrogen-bond donors (Lipinski definition) is 2. The number of hydrogen-bond acceptors (Lipinski definition) is 4. The van der Waals surface area contributed by atoms with Gasteiger partial charge in [-0.1, -0.05) is 23.2 Å². The molecule has 0 saturated heterocycles. The minimum atomic E-state index is -3.85. The largest absolute Gasteiger partial charge is 0.462 e. The zero-order valence-electron chi connectivity index (χ0n) is 10.4. The summed E-state index contributed by atoms with van der Waals surface area (Å²) in [7, 11) is -3.85. The van der Waals surface area contributed by atoms with Crippen molar-refractivity contribution in [2.24, 2.45) is 0 Å². The van der Waals surface area contributed by atoms with Crippen molar-refractivity contribution in [3.63, 3.8) is 0 Å². The fourth-order valence-electron chi connectivity index (χ4n) is 1.64. The highest BCUT2D eigenvalue weighted by Gasteiger charge is 2.22. The molecule has 0 aliphatic rings. The summed E-state index contributed by atoms with van der Waals surface area (Å²) in [5.41, 5.74) is 0.210. The van der Waals surface area contributed by atoms with E-state index < -0.39 is 10.0 Å². The zero-order valence-corrected chi connectivity index (χ0v) is 12.7. The molecule has 0 aliphatic heterocycles. The van der Waals surface area contributed by atoms with E-state index in [9.17, 15) is 8.42 Å². The van der Waals surface area contributed by atoms with Crippen LogP contribution in [0, 0.1) is 6.92 Å². The van der Waals surface area contributed by atoms with Crippen molar-refractivity contribution in [1.82, 2.24) is 0 Å². The Balaban J connectivity index is 2.38. The molecule has 0 spiro atoms. The summed E-state index contributed by atoms with van der Waals surface area (Å²) in [5, 5.41) is 9.55. The van der Waals surface area contributed by atoms with Crippen molar-refractivity contribution < 1.29 is 17.9 Å². The highest BCUT2D eigenvalue weighted by atomic mass is 35.5. The van der Waals surface area contributed by atoms with Crippen LogP contribution in [0.1, 0.15) is 11.5 Å². The first-order chi connectivity index (χ1) is 9.33. The Bertz CT molecular complexity index is 740. The van der Waals surface area contributed by atoms with Crippen LogP contribution in [0.3, 0.4) is 0 Å². The number of sulfonamides is 1. The Kier molecular flexibility index (Phi) is 4.29. The van der Waals surface area contributed by atoms with Gasteiger partial charge in [-0.05, 0) is 25.1 Å². The Morgan fingerprint density at radius 3 is 2.55 bits per heavy atom. The molecular weight excluding hydrogens is 325 g/mol. The normalized spacial score (nSPS) is 11.6. The molecule has 0 unspecified atom stereocenters. The summed E-state index contributed by atoms with van der Waals surface area (Å²) in [4.78, 5) is -0.0485. The lowest BCUT2D eigenvalue weighted by Crippen LogP contribution is -2.13. The molecular formula is C12H11Cl2NO4S. The molecule has 0 amide bonds. The highest BCUT2D eigenvalue weighted by molar-refractivity contribution is 7.92. The standard InChI is InChI=1S/C12H11Cl2NO4S/c1-7-12(5-9(6-16)19-7)20(17,18)15-11-3-2-8(13)4-10(11)14/h2-5,15-16H,6H2,1H3. The number of furan rings is 1. The summed E-state index contributed by atoms with van der Waals surface area (Å²) in [6.07, 6.45) is 0. The maximum Gasteiger partial charge on any atom is 0.265 e. The third kappa shape index (κ3) is 3.09. The van der Waals surface area contributed by atoms with Gasteiger partial charge in [-0.3, -0.25) is 4.72 Å². The number of aliphatic hydroxyl groups is 1. The number of aryl methyl sites for hydroxylation is 1. The summed E-state index contributed by atoms with van der Waals surface area (Å²) >= 11 is 11.7. The lowest BCUT2D eigenvalue weighted by atomic mass is 10.3. The third-order valence-corrected chi connectivity index (χ3v) is 4.56. The second-order valence-electron chi connectivity index (χ2n) is 4.02. The van der Waals surface area contributed by atoms with E-state index in [0.29, 0.717) is 5.02 Å². The molecule has 0 radical (unpaired) electrons. The van der Waals surface area contributed by atoms with Gasteiger partial charge in [0.25, 0.3) is 10.0 Å². The first-order valence-corrected chi connectivity index (χ1v) is 7.75. The lowest BCUT2D eigenvalue weighted by Gasteiger charge is -2.08. The molecule has 20 heavy (non-hydrogen) atoms. The Morgan fingerprint density at radius 2 is 2.00 bits per heavy atom. The molecule has 0 saturated carbocycles. The van der Waals surface area contributed by atoms with Crippen LogP contribution in [-0.2, 0) is 16.6 Å². The van der Waals surface area contributed by atoms with Crippen LogP contribution < -0.4 is 4.72 Å². The van der Waals surface area contributed by atoms with Gasteiger partial charge in [0.05, 0.1) is 10.7 Å². The minimum absolute atomic E-state index is 0.0485. The van der Waals surface area contributed by atoms with Crippen LogP contribution in [0.25, 0.3) is 0 Å². The average molecular weight is 336 g/mol. The summed E-state index contributed by atoms with van der Waals surface area (Å²) in [6.45, 7) is 1.12. The van der Waals surface area contributed by atoms with Crippen molar-refractivity contribution in [2.45, 2.75) is 18.4 Å². The first kappa shape index (κ1) is 15.2. The molecule has 1 aromatic heterocycles. The van der Waals surface area contributed by atoms with E-state index in [2.05, 4.69) is 4.72 Å². The van der Waals surface area contributed by atoms with Crippen molar-refractivity contribution in [1.29, 1.82) is 0 Å². The fourth-order valence-corrected chi connectivity index (χ4v) is 3.44. The Morgan fingerprint density at radius 1 is 1.30 bits per heavy atom. The number of nitrogens with one attached hydrogen (secondary N) is 1. The van der Waals surface area contributed by atoms with Gasteiger partial charge in [0.15, 0.2) is 0 Å². The fraction of sp³-hybridized carbons (Fsp3) is 0.167. The van der Waals surface area contributed by atoms with Gasteiger partial charge in [-0.25, -0.2) is 8.42 Å². The van der Waals surface area contributed by atoms with Crippen LogP contribution >= 0.6 is 23.2 Å². The van der Waals surface area contributed by atoms with E-state index in [1.165, 1.54) is 31.2 Å². The van der Waals surface area contributed by atoms with E-state index in [-0.39, 0.29) is 33.7 Å². The number of rotatable bonds is 4. The Hall–Kier alpha value is -1.21. The highest BCUT2D eigenvalue weighted by Crippen LogP contribution is 2.29. The molecule has 0 bridgehead atoms. The number of halogens is 2. The monoisotopic (exact) mass is 335 g/mol. The first-order valence-electron chi connectivity index (χ1n) is 5.51. The van der Waals surface area contributed by atoms with Crippen molar-refractivity contribution in [3.05, 3.63) is 45.8 Å². The molecule has 0 atom stereocenters. The van der Waals surface area contributed by atoms with Crippen LogP contribution in [-0.4, -0.2) is 13.5 Å². The molecule has 2 N–H and O–H groups in total. The second-order valence-corrected chi connectivity index (χ2v) is 6.52. The van der Waals surface area contributed by atoms with Crippen molar-refractivity contribution in [3.8, 4) is 0 Å². The third-order valence-electron chi connectivity index (χ3n) is 2.54. The van der Waals surface area contributed by atoms with Gasteiger partial charge < -0.3 is 9.52 Å². The van der Waals surface area contributed by atoms with Gasteiger partial charge in [-0.15, -0.1) is 0 Å². The van der Waals surface area contributed by atoms with Crippen LogP contribution in [0.4, 0.5) is 5.69 Å². The number of aliphatic hydroxyl groups excluding tert-OH is 1. The molecule has 0 aliphatic carbocycles. The molecule has 1 aromatic carbocycles. The predicted molar refractivity (Wildman–Crippen MR) is 76.6 cm³/mol. The van der Waals surface area contributed by atoms with Gasteiger partial charge in [-0.2, -0.15) is 0 Å². The van der Waals surface area contributed by atoms with E-state index >= 15 is 0 Å². The smallest absolute Gasteiger partial charge is 0.265 e. The second kappa shape index (κ2) is 5.65. The molecule has 2 rings (SSSR count). The summed E-state index contributed by atoms with van der Waals surface area (Å²) < 4.78 is 32.0. The molecule has 108 valence electrons. The molecule has 2 aromatic rings. The average Bonchev–Trinajstić information content (AvgIpc) is 2.75. The summed E-state index contributed by atoms with van der Waals surface area (Å²) in [6, 6.07) is 5.68. The van der Waals surface area contributed by atoms with Crippen LogP contribution in [0.5, 0.6) is 0 Å². The maximum atomic E-state index is 12.2. The lowest BCUT2D eigenvalue weighted by molar-refractivity contribution is 0.245. The van der Waals surface area contributed by atoms with E-state index in [1.807, 2.05) is 0 Å². The minimum Gasteiger partial charge on any atom is -0.462 e. The molecule has 8 heteroatoms. The van der Waals surface area contributed by atoms with E-state index in [0.717, 1.165) is 0 Å². The van der Waals surface area contributed by atoms with Crippen LogP contribution in [0.15, 0.2) is 33.6 Å². The molecule has 1 heterocycles. The SMILES string of the molecule is Cc1oc(CO)cc1S(=O)(=O)Nc1ccc(Cl)cc1Cl. The van der Waals surface area contributed by atoms with Crippen molar-refractivity contribution >= 4 is 38.9 Å². The van der Waals surface area contributed by atoms with Crippen molar-refractivity contribution in [2.75, 3.05) is 4.72 Å². The van der Waals surface area contributed by atoms with E-state index in [1.54, 1.807) is 0 Å².